The van der Waals surface area contributed by atoms with E-state index >= 15 is 0 Å². The Labute approximate surface area is 161 Å². The Hall–Kier alpha value is -2.30. The van der Waals surface area contributed by atoms with E-state index in [1.165, 1.54) is 5.56 Å². The van der Waals surface area contributed by atoms with Crippen LogP contribution in [0.1, 0.15) is 61.1 Å². The predicted octanol–water partition coefficient (Wildman–Crippen LogP) is 3.94. The van der Waals surface area contributed by atoms with Crippen LogP contribution < -0.4 is 5.32 Å². The van der Waals surface area contributed by atoms with Gasteiger partial charge in [0.1, 0.15) is 0 Å². The van der Waals surface area contributed by atoms with Crippen molar-refractivity contribution in [1.29, 1.82) is 0 Å². The van der Waals surface area contributed by atoms with Crippen LogP contribution in [0.15, 0.2) is 18.2 Å². The van der Waals surface area contributed by atoms with Gasteiger partial charge in [0.05, 0.1) is 0 Å². The van der Waals surface area contributed by atoms with E-state index in [0.717, 1.165) is 55.4 Å². The summed E-state index contributed by atoms with van der Waals surface area (Å²) in [6.45, 7) is 9.73. The molecule has 0 saturated carbocycles. The van der Waals surface area contributed by atoms with Gasteiger partial charge < -0.3 is 15.2 Å². The number of carbonyl (C=O) groups is 2. The molecule has 0 radical (unpaired) electrons. The van der Waals surface area contributed by atoms with E-state index in [2.05, 4.69) is 31.1 Å². The molecule has 0 spiro atoms. The molecule has 2 amide bonds. The first-order chi connectivity index (χ1) is 12.9. The molecule has 2 aromatic rings. The highest BCUT2D eigenvalue weighted by molar-refractivity contribution is 5.99. The van der Waals surface area contributed by atoms with Crippen molar-refractivity contribution < 1.29 is 9.59 Å². The number of piperidine rings is 1. The van der Waals surface area contributed by atoms with Crippen LogP contribution in [-0.2, 0) is 4.79 Å². The summed E-state index contributed by atoms with van der Waals surface area (Å²) in [7, 11) is 0. The Balaban J connectivity index is 1.60. The molecule has 1 aromatic heterocycles. The molecule has 3 rings (SSSR count). The smallest absolute Gasteiger partial charge is 0.251 e. The number of aryl methyl sites for hydroxylation is 2. The first-order valence-corrected chi connectivity index (χ1v) is 10.1. The van der Waals surface area contributed by atoms with Gasteiger partial charge in [0.25, 0.3) is 5.91 Å². The Morgan fingerprint density at radius 3 is 2.48 bits per heavy atom. The van der Waals surface area contributed by atoms with Crippen LogP contribution in [0.3, 0.4) is 0 Å². The van der Waals surface area contributed by atoms with Gasteiger partial charge in [0, 0.05) is 47.2 Å². The molecular weight excluding hydrogens is 338 g/mol. The van der Waals surface area contributed by atoms with Gasteiger partial charge in [-0.25, -0.2) is 0 Å². The summed E-state index contributed by atoms with van der Waals surface area (Å²) in [5, 5.41) is 4.26. The van der Waals surface area contributed by atoms with Gasteiger partial charge in [-0.05, 0) is 63.3 Å². The van der Waals surface area contributed by atoms with E-state index < -0.39 is 0 Å². The second-order valence-electron chi connectivity index (χ2n) is 7.72. The average Bonchev–Trinajstić information content (AvgIpc) is 2.96. The molecule has 0 bridgehead atoms. The number of benzene rings is 1. The van der Waals surface area contributed by atoms with Gasteiger partial charge in [0.15, 0.2) is 0 Å². The number of amides is 2. The van der Waals surface area contributed by atoms with Crippen LogP contribution >= 0.6 is 0 Å². The first-order valence-electron chi connectivity index (χ1n) is 10.1. The van der Waals surface area contributed by atoms with Gasteiger partial charge in [-0.15, -0.1) is 0 Å². The number of nitrogens with zero attached hydrogens (tertiary/aromatic N) is 1. The molecule has 146 valence electrons. The number of aromatic amines is 1. The van der Waals surface area contributed by atoms with Crippen LogP contribution in [0.4, 0.5) is 0 Å². The number of likely N-dealkylation sites (tertiary alicyclic amines) is 1. The standard InChI is InChI=1S/C22H31N3O2/c1-5-16(6-2)22(27)25-11-9-18(10-12-25)24-21(26)17-7-8-20-19(13-17)14(3)15(4)23-20/h7-8,13,16,18,23H,5-6,9-12H2,1-4H3,(H,24,26). The second kappa shape index (κ2) is 8.15. The van der Waals surface area contributed by atoms with E-state index in [1.807, 2.05) is 30.0 Å². The van der Waals surface area contributed by atoms with Crippen molar-refractivity contribution >= 4 is 22.7 Å². The Bertz CT molecular complexity index is 827. The minimum Gasteiger partial charge on any atom is -0.358 e. The number of hydrogen-bond acceptors (Lipinski definition) is 2. The fourth-order valence-corrected chi connectivity index (χ4v) is 4.01. The number of carbonyl (C=O) groups excluding carboxylic acids is 2. The molecule has 1 aliphatic rings. The summed E-state index contributed by atoms with van der Waals surface area (Å²) in [6.07, 6.45) is 3.43. The van der Waals surface area contributed by atoms with Crippen molar-refractivity contribution in [3.05, 3.63) is 35.0 Å². The van der Waals surface area contributed by atoms with E-state index in [4.69, 9.17) is 0 Å². The van der Waals surface area contributed by atoms with Crippen LogP contribution in [0.5, 0.6) is 0 Å². The van der Waals surface area contributed by atoms with E-state index in [9.17, 15) is 9.59 Å². The highest BCUT2D eigenvalue weighted by Gasteiger charge is 2.27. The van der Waals surface area contributed by atoms with Gasteiger partial charge >= 0.3 is 0 Å². The monoisotopic (exact) mass is 369 g/mol. The van der Waals surface area contributed by atoms with Crippen LogP contribution in [-0.4, -0.2) is 40.8 Å². The molecule has 0 unspecified atom stereocenters. The fraction of sp³-hybridized carbons (Fsp3) is 0.545. The summed E-state index contributed by atoms with van der Waals surface area (Å²) >= 11 is 0. The number of nitrogens with one attached hydrogen (secondary N) is 2. The Kier molecular flexibility index (Phi) is 5.88. The zero-order valence-corrected chi connectivity index (χ0v) is 16.9. The molecule has 1 aliphatic heterocycles. The lowest BCUT2D eigenvalue weighted by Gasteiger charge is -2.34. The molecule has 27 heavy (non-hydrogen) atoms. The lowest BCUT2D eigenvalue weighted by Crippen LogP contribution is -2.48. The van der Waals surface area contributed by atoms with Gasteiger partial charge in [-0.2, -0.15) is 0 Å². The number of H-pyrrole nitrogens is 1. The molecule has 1 fully saturated rings. The summed E-state index contributed by atoms with van der Waals surface area (Å²) < 4.78 is 0. The minimum absolute atomic E-state index is 0.0278. The quantitative estimate of drug-likeness (QED) is 0.838. The Morgan fingerprint density at radius 1 is 1.19 bits per heavy atom. The van der Waals surface area contributed by atoms with Gasteiger partial charge in [-0.3, -0.25) is 9.59 Å². The fourth-order valence-electron chi connectivity index (χ4n) is 4.01. The molecular formula is C22H31N3O2. The lowest BCUT2D eigenvalue weighted by molar-refractivity contribution is -0.136. The maximum Gasteiger partial charge on any atom is 0.251 e. The minimum atomic E-state index is -0.0278. The summed E-state index contributed by atoms with van der Waals surface area (Å²) in [5.74, 6) is 0.379. The topological polar surface area (TPSA) is 65.2 Å². The third-order valence-electron chi connectivity index (χ3n) is 6.05. The molecule has 0 aliphatic carbocycles. The largest absolute Gasteiger partial charge is 0.358 e. The first kappa shape index (κ1) is 19.5. The summed E-state index contributed by atoms with van der Waals surface area (Å²) in [4.78, 5) is 30.5. The van der Waals surface area contributed by atoms with Crippen LogP contribution in [0.25, 0.3) is 10.9 Å². The van der Waals surface area contributed by atoms with Crippen molar-refractivity contribution in [2.75, 3.05) is 13.1 Å². The number of hydrogen-bond donors (Lipinski definition) is 2. The van der Waals surface area contributed by atoms with E-state index in [-0.39, 0.29) is 23.8 Å². The Morgan fingerprint density at radius 2 is 1.85 bits per heavy atom. The summed E-state index contributed by atoms with van der Waals surface area (Å²) in [5.41, 5.74) is 4.08. The van der Waals surface area contributed by atoms with Gasteiger partial charge in [-0.1, -0.05) is 13.8 Å². The maximum absolute atomic E-state index is 12.7. The highest BCUT2D eigenvalue weighted by atomic mass is 16.2. The average molecular weight is 370 g/mol. The molecule has 5 heteroatoms. The van der Waals surface area contributed by atoms with Crippen LogP contribution in [0.2, 0.25) is 0 Å². The molecule has 0 atom stereocenters. The van der Waals surface area contributed by atoms with E-state index in [0.29, 0.717) is 5.56 Å². The number of fused-ring (bicyclic) bond motifs is 1. The van der Waals surface area contributed by atoms with Crippen molar-refractivity contribution in [3.8, 4) is 0 Å². The van der Waals surface area contributed by atoms with Crippen molar-refractivity contribution in [2.45, 2.75) is 59.4 Å². The third kappa shape index (κ3) is 4.02. The zero-order chi connectivity index (χ0) is 19.6. The molecule has 1 aromatic carbocycles. The lowest BCUT2D eigenvalue weighted by atomic mass is 9.98. The normalized spacial score (nSPS) is 15.5. The number of rotatable bonds is 5. The van der Waals surface area contributed by atoms with Gasteiger partial charge in [0.2, 0.25) is 5.91 Å². The zero-order valence-electron chi connectivity index (χ0n) is 16.9. The predicted molar refractivity (Wildman–Crippen MR) is 109 cm³/mol. The SMILES string of the molecule is CCC(CC)C(=O)N1CCC(NC(=O)c2ccc3[nH]c(C)c(C)c3c2)CC1. The van der Waals surface area contributed by atoms with Crippen molar-refractivity contribution in [2.24, 2.45) is 5.92 Å². The molecule has 1 saturated heterocycles. The van der Waals surface area contributed by atoms with Crippen molar-refractivity contribution in [1.82, 2.24) is 15.2 Å². The summed E-state index contributed by atoms with van der Waals surface area (Å²) in [6, 6.07) is 5.95. The maximum atomic E-state index is 12.7. The highest BCUT2D eigenvalue weighted by Crippen LogP contribution is 2.23. The third-order valence-corrected chi connectivity index (χ3v) is 6.05. The molecule has 5 nitrogen and oxygen atoms in total. The van der Waals surface area contributed by atoms with Crippen LogP contribution in [0, 0.1) is 19.8 Å². The second-order valence-corrected chi connectivity index (χ2v) is 7.72. The molecule has 2 N–H and O–H groups in total. The van der Waals surface area contributed by atoms with Crippen molar-refractivity contribution in [3.63, 3.8) is 0 Å². The number of aromatic nitrogens is 1. The molecule has 2 heterocycles. The van der Waals surface area contributed by atoms with E-state index in [1.54, 1.807) is 0 Å².